The van der Waals surface area contributed by atoms with Crippen molar-refractivity contribution in [1.29, 1.82) is 0 Å². The molecule has 7 rings (SSSR count). The van der Waals surface area contributed by atoms with Crippen LogP contribution in [-0.4, -0.2) is 30.6 Å². The highest BCUT2D eigenvalue weighted by Crippen LogP contribution is 2.38. The molecule has 0 fully saturated rings. The maximum absolute atomic E-state index is 13.7. The Balaban J connectivity index is 1.20. The summed E-state index contributed by atoms with van der Waals surface area (Å²) in [5.74, 6) is 7.50. The molecular formula is C34H27N7O. The summed E-state index contributed by atoms with van der Waals surface area (Å²) in [6.45, 7) is 4.48. The number of nitrogens with one attached hydrogen (secondary N) is 2. The molecule has 1 aliphatic rings. The summed E-state index contributed by atoms with van der Waals surface area (Å²) in [5.41, 5.74) is 8.85. The average Bonchev–Trinajstić information content (AvgIpc) is 3.68. The van der Waals surface area contributed by atoms with E-state index >= 15 is 0 Å². The van der Waals surface area contributed by atoms with Gasteiger partial charge in [0.25, 0.3) is 5.91 Å². The van der Waals surface area contributed by atoms with Crippen LogP contribution >= 0.6 is 0 Å². The second kappa shape index (κ2) is 10.1. The van der Waals surface area contributed by atoms with Gasteiger partial charge < -0.3 is 15.2 Å². The number of rotatable bonds is 4. The van der Waals surface area contributed by atoms with Gasteiger partial charge in [-0.05, 0) is 55.3 Å². The number of carbonyl (C=O) groups excluding carboxylic acids is 1. The molecule has 0 saturated carbocycles. The van der Waals surface area contributed by atoms with E-state index in [0.29, 0.717) is 23.9 Å². The molecule has 8 nitrogen and oxygen atoms in total. The van der Waals surface area contributed by atoms with Gasteiger partial charge in [0.15, 0.2) is 5.82 Å². The zero-order chi connectivity index (χ0) is 28.8. The Hall–Kier alpha value is -5.68. The molecule has 2 N–H and O–H groups in total. The van der Waals surface area contributed by atoms with E-state index < -0.39 is 0 Å². The summed E-state index contributed by atoms with van der Waals surface area (Å²) >= 11 is 0. The third kappa shape index (κ3) is 4.47. The van der Waals surface area contributed by atoms with Gasteiger partial charge >= 0.3 is 0 Å². The molecule has 1 amide bonds. The average molecular weight is 550 g/mol. The number of H-pyrrole nitrogens is 1. The topological polar surface area (TPSA) is 91.7 Å². The Morgan fingerprint density at radius 2 is 1.76 bits per heavy atom. The molecule has 0 spiro atoms. The molecule has 0 unspecified atom stereocenters. The summed E-state index contributed by atoms with van der Waals surface area (Å²) < 4.78 is 1.80. The van der Waals surface area contributed by atoms with Crippen LogP contribution in [0.4, 0.5) is 17.5 Å². The number of aryl methyl sites for hydroxylation is 3. The van der Waals surface area contributed by atoms with E-state index in [9.17, 15) is 4.79 Å². The quantitative estimate of drug-likeness (QED) is 0.253. The number of hydrogen-bond donors (Lipinski definition) is 2. The van der Waals surface area contributed by atoms with Gasteiger partial charge in [-0.3, -0.25) is 9.48 Å². The largest absolute Gasteiger partial charge is 0.359 e. The summed E-state index contributed by atoms with van der Waals surface area (Å²) in [7, 11) is 1.90. The second-order valence-corrected chi connectivity index (χ2v) is 10.4. The molecular weight excluding hydrogens is 522 g/mol. The third-order valence-electron chi connectivity index (χ3n) is 7.60. The first-order valence-corrected chi connectivity index (χ1v) is 13.7. The van der Waals surface area contributed by atoms with Gasteiger partial charge in [-0.1, -0.05) is 48.2 Å². The lowest BCUT2D eigenvalue weighted by Gasteiger charge is -2.17. The fourth-order valence-corrected chi connectivity index (χ4v) is 5.31. The molecule has 3 aromatic heterocycles. The normalized spacial score (nSPS) is 12.4. The van der Waals surface area contributed by atoms with Crippen LogP contribution in [0.3, 0.4) is 0 Å². The zero-order valence-corrected chi connectivity index (χ0v) is 23.4. The molecule has 3 aromatic carbocycles. The van der Waals surface area contributed by atoms with Crippen LogP contribution in [0, 0.1) is 25.7 Å². The molecule has 0 aliphatic carbocycles. The van der Waals surface area contributed by atoms with Crippen LogP contribution in [0.1, 0.15) is 38.3 Å². The number of aromatic nitrogens is 5. The Morgan fingerprint density at radius 3 is 2.57 bits per heavy atom. The van der Waals surface area contributed by atoms with Crippen molar-refractivity contribution in [2.24, 2.45) is 7.05 Å². The summed E-state index contributed by atoms with van der Waals surface area (Å²) in [6, 6.07) is 23.7. The smallest absolute Gasteiger partial charge is 0.259 e. The predicted octanol–water partition coefficient (Wildman–Crippen LogP) is 6.28. The van der Waals surface area contributed by atoms with Crippen molar-refractivity contribution in [3.8, 4) is 23.1 Å². The van der Waals surface area contributed by atoms with E-state index in [4.69, 9.17) is 4.98 Å². The van der Waals surface area contributed by atoms with E-state index in [1.54, 1.807) is 4.68 Å². The number of aromatic amines is 1. The maximum atomic E-state index is 13.7. The van der Waals surface area contributed by atoms with Gasteiger partial charge in [-0.25, -0.2) is 9.97 Å². The highest BCUT2D eigenvalue weighted by molar-refractivity contribution is 6.14. The summed E-state index contributed by atoms with van der Waals surface area (Å²) in [4.78, 5) is 28.2. The van der Waals surface area contributed by atoms with Crippen molar-refractivity contribution in [3.63, 3.8) is 0 Å². The molecule has 8 heteroatoms. The molecule has 6 aromatic rings. The first kappa shape index (κ1) is 25.3. The lowest BCUT2D eigenvalue weighted by molar-refractivity contribution is 0.0997. The first-order valence-electron chi connectivity index (χ1n) is 13.7. The van der Waals surface area contributed by atoms with Crippen LogP contribution in [-0.2, 0) is 13.6 Å². The highest BCUT2D eigenvalue weighted by Gasteiger charge is 2.30. The maximum Gasteiger partial charge on any atom is 0.259 e. The van der Waals surface area contributed by atoms with E-state index in [1.165, 1.54) is 0 Å². The van der Waals surface area contributed by atoms with E-state index in [1.807, 2.05) is 111 Å². The predicted molar refractivity (Wildman–Crippen MR) is 165 cm³/mol. The molecule has 0 bridgehead atoms. The van der Waals surface area contributed by atoms with E-state index in [2.05, 4.69) is 32.2 Å². The lowest BCUT2D eigenvalue weighted by atomic mass is 10.1. The monoisotopic (exact) mass is 549 g/mol. The third-order valence-corrected chi connectivity index (χ3v) is 7.60. The number of benzene rings is 3. The fourth-order valence-electron chi connectivity index (χ4n) is 5.31. The van der Waals surface area contributed by atoms with Gasteiger partial charge in [-0.15, -0.1) is 0 Å². The van der Waals surface area contributed by atoms with Crippen LogP contribution in [0.5, 0.6) is 0 Å². The molecule has 4 heterocycles. The molecule has 42 heavy (non-hydrogen) atoms. The van der Waals surface area contributed by atoms with Gasteiger partial charge in [0.2, 0.25) is 5.95 Å². The minimum atomic E-state index is -0.0348. The van der Waals surface area contributed by atoms with Gasteiger partial charge in [0.05, 0.1) is 23.4 Å². The molecule has 0 saturated heterocycles. The Labute approximate surface area is 243 Å². The van der Waals surface area contributed by atoms with Gasteiger partial charge in [0, 0.05) is 58.8 Å². The van der Waals surface area contributed by atoms with E-state index in [0.717, 1.165) is 55.8 Å². The number of amides is 1. The molecule has 0 atom stereocenters. The van der Waals surface area contributed by atoms with Crippen LogP contribution in [0.25, 0.3) is 22.2 Å². The van der Waals surface area contributed by atoms with Crippen LogP contribution in [0.15, 0.2) is 85.2 Å². The van der Waals surface area contributed by atoms with Crippen LogP contribution in [0.2, 0.25) is 0 Å². The fraction of sp³-hybridized carbons (Fsp3) is 0.118. The SMILES string of the molecule is Cc1cnc(Nc2cc(C)n(C)n2)nc1-c1c[nH]c2c(N3Cc4ccc(C#Cc5ccccc5)cc4C3=O)cccc12. The molecule has 1 aliphatic heterocycles. The molecule has 204 valence electrons. The van der Waals surface area contributed by atoms with Crippen LogP contribution < -0.4 is 10.2 Å². The number of para-hydroxylation sites is 1. The second-order valence-electron chi connectivity index (χ2n) is 10.4. The summed E-state index contributed by atoms with van der Waals surface area (Å²) in [5, 5.41) is 8.64. The minimum Gasteiger partial charge on any atom is -0.359 e. The van der Waals surface area contributed by atoms with Crippen molar-refractivity contribution in [1.82, 2.24) is 24.7 Å². The number of fused-ring (bicyclic) bond motifs is 2. The number of anilines is 3. The highest BCUT2D eigenvalue weighted by atomic mass is 16.2. The number of hydrogen-bond acceptors (Lipinski definition) is 5. The Bertz CT molecular complexity index is 2040. The lowest BCUT2D eigenvalue weighted by Crippen LogP contribution is -2.23. The van der Waals surface area contributed by atoms with Crippen molar-refractivity contribution in [3.05, 3.63) is 119 Å². The van der Waals surface area contributed by atoms with Crippen molar-refractivity contribution >= 4 is 34.3 Å². The summed E-state index contributed by atoms with van der Waals surface area (Å²) in [6.07, 6.45) is 3.76. The standard InChI is InChI=1S/C34H27N7O/c1-21-18-36-34(37-30-16-22(2)40(3)39-30)38-31(21)28-19-35-32-26(28)10-7-11-29(32)41-20-25-15-14-24(17-27(25)33(41)42)13-12-23-8-5-4-6-9-23/h4-11,14-19,35H,20H2,1-3H3,(H,36,37,38,39). The molecule has 0 radical (unpaired) electrons. The van der Waals surface area contributed by atoms with Crippen molar-refractivity contribution in [2.45, 2.75) is 20.4 Å². The number of carbonyl (C=O) groups is 1. The first-order chi connectivity index (χ1) is 20.4. The van der Waals surface area contributed by atoms with Crippen molar-refractivity contribution < 1.29 is 4.79 Å². The van der Waals surface area contributed by atoms with Gasteiger partial charge in [0.1, 0.15) is 0 Å². The van der Waals surface area contributed by atoms with Gasteiger partial charge in [-0.2, -0.15) is 5.10 Å². The van der Waals surface area contributed by atoms with E-state index in [-0.39, 0.29) is 5.91 Å². The van der Waals surface area contributed by atoms with Crippen molar-refractivity contribution in [2.75, 3.05) is 10.2 Å². The number of nitrogens with zero attached hydrogens (tertiary/aromatic N) is 5. The Kier molecular flexibility index (Phi) is 6.06. The Morgan fingerprint density at radius 1 is 0.929 bits per heavy atom. The minimum absolute atomic E-state index is 0.0348. The zero-order valence-electron chi connectivity index (χ0n) is 23.4.